The number of pyridine rings is 1. The molecule has 0 aliphatic carbocycles. The Morgan fingerprint density at radius 3 is 2.71 bits per heavy atom. The van der Waals surface area contributed by atoms with Crippen LogP contribution in [0.5, 0.6) is 5.88 Å². The number of aromatic nitrogens is 5. The number of nitriles is 1. The molecule has 0 unspecified atom stereocenters. The average Bonchev–Trinajstić information content (AvgIpc) is 3.35. The number of fused-ring (bicyclic) bond motifs is 2. The predicted octanol–water partition coefficient (Wildman–Crippen LogP) is 2.66. The van der Waals surface area contributed by atoms with E-state index in [4.69, 9.17) is 14.9 Å². The molecule has 0 aliphatic heterocycles. The van der Waals surface area contributed by atoms with E-state index in [0.717, 1.165) is 10.1 Å². The lowest BCUT2D eigenvalue weighted by Crippen LogP contribution is -2.19. The molecule has 5 rings (SSSR count). The molecule has 0 atom stereocenters. The van der Waals surface area contributed by atoms with Crippen LogP contribution in [0, 0.1) is 18.3 Å². The number of aromatic amines is 1. The fourth-order valence-electron chi connectivity index (χ4n) is 3.56. The molecular weight excluding hydrogens is 398 g/mol. The molecule has 31 heavy (non-hydrogen) atoms. The van der Waals surface area contributed by atoms with E-state index in [1.807, 2.05) is 30.3 Å². The SMILES string of the molecule is COc1nc(N)cc2oc(-c3c(C)[nH]c4c(-c5ccccc5)c(C#N)nn4c3=O)nc12. The van der Waals surface area contributed by atoms with Gasteiger partial charge in [0.25, 0.3) is 5.56 Å². The van der Waals surface area contributed by atoms with Crippen molar-refractivity contribution in [2.45, 2.75) is 6.92 Å². The summed E-state index contributed by atoms with van der Waals surface area (Å²) < 4.78 is 12.2. The number of rotatable bonds is 3. The number of aryl methyl sites for hydroxylation is 1. The number of nitrogen functional groups attached to an aromatic ring is 1. The van der Waals surface area contributed by atoms with Crippen LogP contribution in [0.15, 0.2) is 45.6 Å². The third kappa shape index (κ3) is 2.71. The molecule has 4 aromatic heterocycles. The number of nitrogens with two attached hydrogens (primary N) is 1. The molecular formula is C21H15N7O3. The van der Waals surface area contributed by atoms with Gasteiger partial charge in [-0.15, -0.1) is 0 Å². The molecule has 1 aromatic carbocycles. The maximum atomic E-state index is 13.4. The van der Waals surface area contributed by atoms with Crippen LogP contribution >= 0.6 is 0 Å². The third-order valence-corrected chi connectivity index (χ3v) is 4.91. The molecule has 5 aromatic rings. The summed E-state index contributed by atoms with van der Waals surface area (Å²) in [5.74, 6) is 0.459. The van der Waals surface area contributed by atoms with E-state index in [2.05, 4.69) is 26.1 Å². The van der Waals surface area contributed by atoms with E-state index in [1.165, 1.54) is 13.2 Å². The number of nitrogens with one attached hydrogen (secondary N) is 1. The van der Waals surface area contributed by atoms with Crippen LogP contribution in [0.2, 0.25) is 0 Å². The predicted molar refractivity (Wildman–Crippen MR) is 112 cm³/mol. The quantitative estimate of drug-likeness (QED) is 0.458. The Hall–Kier alpha value is -4.65. The van der Waals surface area contributed by atoms with Crippen LogP contribution in [-0.4, -0.2) is 31.7 Å². The van der Waals surface area contributed by atoms with Gasteiger partial charge in [0.1, 0.15) is 23.1 Å². The van der Waals surface area contributed by atoms with E-state index in [9.17, 15) is 10.1 Å². The Labute approximate surface area is 174 Å². The van der Waals surface area contributed by atoms with Gasteiger partial charge in [0, 0.05) is 11.8 Å². The first-order valence-corrected chi connectivity index (χ1v) is 9.24. The number of hydrogen-bond donors (Lipinski definition) is 2. The lowest BCUT2D eigenvalue weighted by Gasteiger charge is -2.05. The smallest absolute Gasteiger partial charge is 0.287 e. The first-order chi connectivity index (χ1) is 15.0. The number of benzene rings is 1. The van der Waals surface area contributed by atoms with Gasteiger partial charge in [0.2, 0.25) is 11.8 Å². The second-order valence-electron chi connectivity index (χ2n) is 6.81. The van der Waals surface area contributed by atoms with Crippen molar-refractivity contribution in [3.8, 4) is 34.5 Å². The number of oxazole rings is 1. The van der Waals surface area contributed by atoms with Crippen molar-refractivity contribution in [2.75, 3.05) is 12.8 Å². The Morgan fingerprint density at radius 2 is 2.00 bits per heavy atom. The van der Waals surface area contributed by atoms with Gasteiger partial charge < -0.3 is 19.9 Å². The highest BCUT2D eigenvalue weighted by molar-refractivity contribution is 5.84. The van der Waals surface area contributed by atoms with Gasteiger partial charge in [-0.1, -0.05) is 30.3 Å². The first-order valence-electron chi connectivity index (χ1n) is 9.24. The number of hydrogen-bond acceptors (Lipinski definition) is 8. The second-order valence-corrected chi connectivity index (χ2v) is 6.81. The Morgan fingerprint density at radius 1 is 1.23 bits per heavy atom. The van der Waals surface area contributed by atoms with E-state index in [-0.39, 0.29) is 28.8 Å². The summed E-state index contributed by atoms with van der Waals surface area (Å²) in [4.78, 5) is 25.0. The van der Waals surface area contributed by atoms with E-state index in [0.29, 0.717) is 28.0 Å². The number of anilines is 1. The summed E-state index contributed by atoms with van der Waals surface area (Å²) in [6, 6.07) is 12.8. The molecule has 0 saturated carbocycles. The number of nitrogens with zero attached hydrogens (tertiary/aromatic N) is 5. The molecule has 10 heteroatoms. The van der Waals surface area contributed by atoms with Gasteiger partial charge in [0.15, 0.2) is 16.8 Å². The van der Waals surface area contributed by atoms with E-state index < -0.39 is 5.56 Å². The van der Waals surface area contributed by atoms with Crippen LogP contribution in [-0.2, 0) is 0 Å². The van der Waals surface area contributed by atoms with Gasteiger partial charge in [0.05, 0.1) is 12.7 Å². The van der Waals surface area contributed by atoms with Crippen LogP contribution in [0.3, 0.4) is 0 Å². The molecule has 4 heterocycles. The Balaban J connectivity index is 1.80. The highest BCUT2D eigenvalue weighted by Gasteiger charge is 2.24. The number of H-pyrrole nitrogens is 1. The van der Waals surface area contributed by atoms with Crippen molar-refractivity contribution < 1.29 is 9.15 Å². The van der Waals surface area contributed by atoms with Crippen LogP contribution in [0.4, 0.5) is 5.82 Å². The molecule has 10 nitrogen and oxygen atoms in total. The lowest BCUT2D eigenvalue weighted by molar-refractivity contribution is 0.403. The normalized spacial score (nSPS) is 11.1. The summed E-state index contributed by atoms with van der Waals surface area (Å²) in [6.07, 6.45) is 0. The molecule has 3 N–H and O–H groups in total. The van der Waals surface area contributed by atoms with Crippen molar-refractivity contribution in [3.63, 3.8) is 0 Å². The molecule has 0 aliphatic rings. The number of ether oxygens (including phenoxy) is 1. The lowest BCUT2D eigenvalue weighted by atomic mass is 10.1. The summed E-state index contributed by atoms with van der Waals surface area (Å²) in [7, 11) is 1.44. The Bertz CT molecular complexity index is 1570. The minimum Gasteiger partial charge on any atom is -0.479 e. The summed E-state index contributed by atoms with van der Waals surface area (Å²) >= 11 is 0. The summed E-state index contributed by atoms with van der Waals surface area (Å²) in [5, 5.41) is 13.8. The van der Waals surface area contributed by atoms with Crippen molar-refractivity contribution in [3.05, 3.63) is 58.1 Å². The highest BCUT2D eigenvalue weighted by atomic mass is 16.5. The van der Waals surface area contributed by atoms with Gasteiger partial charge in [-0.2, -0.15) is 19.9 Å². The topological polar surface area (TPSA) is 148 Å². The fraction of sp³-hybridized carbons (Fsp3) is 0.0952. The zero-order chi connectivity index (χ0) is 21.7. The third-order valence-electron chi connectivity index (χ3n) is 4.91. The maximum absolute atomic E-state index is 13.4. The average molecular weight is 413 g/mol. The highest BCUT2D eigenvalue weighted by Crippen LogP contribution is 2.31. The minimum atomic E-state index is -0.476. The van der Waals surface area contributed by atoms with E-state index >= 15 is 0 Å². The maximum Gasteiger partial charge on any atom is 0.287 e. The standard InChI is InChI=1S/C21H15N7O3/c1-10-15(19-26-17-13(31-19)8-14(23)25-20(17)30-2)21(29)28-18(24-10)16(12(9-22)27-28)11-6-4-3-5-7-11/h3-8,24H,1-2H3,(H2,23,25). The zero-order valence-electron chi connectivity index (χ0n) is 16.5. The van der Waals surface area contributed by atoms with E-state index in [1.54, 1.807) is 6.92 Å². The Kier molecular flexibility index (Phi) is 3.98. The van der Waals surface area contributed by atoms with Crippen molar-refractivity contribution in [1.82, 2.24) is 24.6 Å². The molecule has 0 radical (unpaired) electrons. The summed E-state index contributed by atoms with van der Waals surface area (Å²) in [6.45, 7) is 1.73. The molecule has 0 amide bonds. The van der Waals surface area contributed by atoms with Crippen LogP contribution < -0.4 is 16.0 Å². The number of methoxy groups -OCH3 is 1. The van der Waals surface area contributed by atoms with Gasteiger partial charge in [-0.3, -0.25) is 4.79 Å². The second kappa shape index (κ2) is 6.70. The molecule has 0 fully saturated rings. The molecule has 0 bridgehead atoms. The van der Waals surface area contributed by atoms with Crippen LogP contribution in [0.1, 0.15) is 11.4 Å². The molecule has 0 spiro atoms. The summed E-state index contributed by atoms with van der Waals surface area (Å²) in [5.41, 5.74) is 8.52. The largest absolute Gasteiger partial charge is 0.479 e. The first kappa shape index (κ1) is 18.4. The molecule has 152 valence electrons. The monoisotopic (exact) mass is 413 g/mol. The van der Waals surface area contributed by atoms with Crippen molar-refractivity contribution in [2.24, 2.45) is 0 Å². The molecule has 0 saturated heterocycles. The van der Waals surface area contributed by atoms with Crippen molar-refractivity contribution >= 4 is 22.6 Å². The van der Waals surface area contributed by atoms with Crippen molar-refractivity contribution in [1.29, 1.82) is 5.26 Å². The fourth-order valence-corrected chi connectivity index (χ4v) is 3.56. The zero-order valence-corrected chi connectivity index (χ0v) is 16.5. The van der Waals surface area contributed by atoms with Crippen LogP contribution in [0.25, 0.3) is 39.3 Å². The van der Waals surface area contributed by atoms with Gasteiger partial charge >= 0.3 is 0 Å². The van der Waals surface area contributed by atoms with Gasteiger partial charge in [-0.05, 0) is 12.5 Å². The minimum absolute atomic E-state index is 0.0663. The van der Waals surface area contributed by atoms with Gasteiger partial charge in [-0.25, -0.2) is 4.98 Å².